The molecule has 204 valence electrons. The average Bonchev–Trinajstić information content (AvgIpc) is 3.37. The fourth-order valence-corrected chi connectivity index (χ4v) is 4.83. The molecule has 0 aliphatic rings. The zero-order chi connectivity index (χ0) is 28.0. The van der Waals surface area contributed by atoms with Crippen LogP contribution in [0.15, 0.2) is 65.2 Å². The second-order valence-corrected chi connectivity index (χ2v) is 9.51. The lowest BCUT2D eigenvalue weighted by atomic mass is 9.99. The lowest BCUT2D eigenvalue weighted by molar-refractivity contribution is 0.146. The summed E-state index contributed by atoms with van der Waals surface area (Å²) < 4.78 is 18.0. The smallest absolute Gasteiger partial charge is 0.213 e. The van der Waals surface area contributed by atoms with Gasteiger partial charge in [-0.1, -0.05) is 18.2 Å². The number of hydrazone groups is 1. The summed E-state index contributed by atoms with van der Waals surface area (Å²) in [6.45, 7) is 5.30. The number of hydrogen-bond donors (Lipinski definition) is 3. The topological polar surface area (TPSA) is 117 Å². The number of aryl methyl sites for hydroxylation is 2. The Bertz CT molecular complexity index is 1410. The van der Waals surface area contributed by atoms with Gasteiger partial charge in [-0.25, -0.2) is 10.8 Å². The number of amidine groups is 1. The fraction of sp³-hybridized carbons (Fsp3) is 0.267. The Balaban J connectivity index is 0.00000134. The maximum atomic E-state index is 5.96. The minimum absolute atomic E-state index is 0.434. The van der Waals surface area contributed by atoms with Gasteiger partial charge in [0.05, 0.1) is 6.61 Å². The van der Waals surface area contributed by atoms with Crippen molar-refractivity contribution in [1.82, 2.24) is 10.4 Å². The number of aromatic nitrogens is 1. The van der Waals surface area contributed by atoms with Gasteiger partial charge in [0.1, 0.15) is 24.8 Å². The van der Waals surface area contributed by atoms with Crippen LogP contribution in [0, 0.1) is 19.3 Å². The summed E-state index contributed by atoms with van der Waals surface area (Å²) in [5.74, 6) is 14.9. The predicted octanol–water partition coefficient (Wildman–Crippen LogP) is 5.18. The van der Waals surface area contributed by atoms with Crippen LogP contribution in [0.2, 0.25) is 0 Å². The van der Waals surface area contributed by atoms with Crippen LogP contribution in [0.3, 0.4) is 0 Å². The van der Waals surface area contributed by atoms with Gasteiger partial charge in [0.25, 0.3) is 0 Å². The molecule has 0 fully saturated rings. The molecule has 4 aromatic rings. The van der Waals surface area contributed by atoms with Crippen molar-refractivity contribution in [3.63, 3.8) is 0 Å². The van der Waals surface area contributed by atoms with Crippen molar-refractivity contribution < 1.29 is 14.2 Å². The molecule has 2 aromatic heterocycles. The van der Waals surface area contributed by atoms with Gasteiger partial charge in [0, 0.05) is 41.4 Å². The van der Waals surface area contributed by atoms with Crippen molar-refractivity contribution in [3.8, 4) is 35.1 Å². The van der Waals surface area contributed by atoms with Crippen LogP contribution in [0.1, 0.15) is 30.0 Å². The van der Waals surface area contributed by atoms with E-state index in [4.69, 9.17) is 25.9 Å². The molecule has 8 nitrogen and oxygen atoms in total. The number of nitrogens with one attached hydrogen (secondary N) is 1. The first-order valence-corrected chi connectivity index (χ1v) is 13.3. The Labute approximate surface area is 234 Å². The second-order valence-electron chi connectivity index (χ2n) is 8.60. The summed E-state index contributed by atoms with van der Waals surface area (Å²) in [4.78, 5) is 4.42. The minimum Gasteiger partial charge on any atom is -0.491 e. The summed E-state index contributed by atoms with van der Waals surface area (Å²) >= 11 is 1.74. The third kappa shape index (κ3) is 8.45. The van der Waals surface area contributed by atoms with Crippen molar-refractivity contribution in [2.24, 2.45) is 16.8 Å². The number of thiophene rings is 1. The van der Waals surface area contributed by atoms with Gasteiger partial charge in [-0.3, -0.25) is 0 Å². The van der Waals surface area contributed by atoms with E-state index in [1.807, 2.05) is 18.2 Å². The van der Waals surface area contributed by atoms with Crippen LogP contribution >= 0.6 is 11.3 Å². The number of hydrazine groups is 1. The molecule has 0 unspecified atom stereocenters. The Kier molecular flexibility index (Phi) is 11.6. The van der Waals surface area contributed by atoms with Gasteiger partial charge >= 0.3 is 0 Å². The molecule has 9 heteroatoms. The van der Waals surface area contributed by atoms with Crippen LogP contribution < -0.4 is 26.6 Å². The van der Waals surface area contributed by atoms with Gasteiger partial charge in [-0.15, -0.1) is 23.7 Å². The molecule has 4 rings (SSSR count). The van der Waals surface area contributed by atoms with Crippen molar-refractivity contribution in [2.45, 2.75) is 33.3 Å². The van der Waals surface area contributed by atoms with Crippen LogP contribution in [0.25, 0.3) is 21.2 Å². The second kappa shape index (κ2) is 15.3. The van der Waals surface area contributed by atoms with Crippen molar-refractivity contribution >= 4 is 27.3 Å². The number of hydrogen-bond acceptors (Lipinski definition) is 8. The number of benzene rings is 2. The van der Waals surface area contributed by atoms with Crippen molar-refractivity contribution in [3.05, 3.63) is 76.8 Å². The third-order valence-corrected chi connectivity index (χ3v) is 6.80. The maximum absolute atomic E-state index is 5.96. The molecular weight excluding hydrogens is 510 g/mol. The first-order chi connectivity index (χ1) is 19.0. The zero-order valence-electron chi connectivity index (χ0n) is 22.6. The van der Waals surface area contributed by atoms with Gasteiger partial charge in [-0.05, 0) is 72.2 Å². The van der Waals surface area contributed by atoms with Crippen molar-refractivity contribution in [1.29, 1.82) is 0 Å². The first-order valence-electron chi connectivity index (χ1n) is 12.4. The molecule has 0 saturated carbocycles. The minimum atomic E-state index is 0.434. The summed E-state index contributed by atoms with van der Waals surface area (Å²) in [6.07, 6.45) is 7.73. The van der Waals surface area contributed by atoms with Crippen LogP contribution in [-0.2, 0) is 17.8 Å². The summed E-state index contributed by atoms with van der Waals surface area (Å²) in [6, 6.07) is 16.5. The van der Waals surface area contributed by atoms with Gasteiger partial charge in [0.2, 0.25) is 5.88 Å². The number of rotatable bonds is 11. The molecule has 0 amide bonds. The number of pyridine rings is 1. The molecule has 0 bridgehead atoms. The SMILES string of the molecule is C#CC.COCCOc1ccc(-c2csc3ccc(COc4ccc(CC/C(=N/N)NN)cn4)cc23)c(C)c1. The molecule has 5 N–H and O–H groups in total. The third-order valence-electron chi connectivity index (χ3n) is 5.84. The molecule has 0 aliphatic carbocycles. The summed E-state index contributed by atoms with van der Waals surface area (Å²) in [5, 5.41) is 7.02. The predicted molar refractivity (Wildman–Crippen MR) is 160 cm³/mol. The quantitative estimate of drug-likeness (QED) is 0.0593. The Morgan fingerprint density at radius 2 is 1.87 bits per heavy atom. The standard InChI is InChI=1S/C27H31N5O3S.C3H4/c1-18-13-21(34-12-11-33-2)6-7-22(18)24-17-36-25-8-3-20(14-23(24)25)16-35-27-10-5-19(15-30-27)4-9-26(31-28)32-29;1-3-2/h3,5-8,10,13-15,17H,4,9,11-12,16,28-29H2,1-2H3,(H,31,32);1H,2H3. The normalized spacial score (nSPS) is 10.9. The van der Waals surface area contributed by atoms with E-state index >= 15 is 0 Å². The number of methoxy groups -OCH3 is 1. The van der Waals surface area contributed by atoms with E-state index in [2.05, 4.69) is 70.5 Å². The van der Waals surface area contributed by atoms with E-state index in [-0.39, 0.29) is 0 Å². The van der Waals surface area contributed by atoms with Gasteiger partial charge < -0.3 is 25.5 Å². The molecule has 2 aromatic carbocycles. The highest BCUT2D eigenvalue weighted by atomic mass is 32.1. The number of nitrogens with zero attached hydrogens (tertiary/aromatic N) is 2. The zero-order valence-corrected chi connectivity index (χ0v) is 23.4. The Hall–Kier alpha value is -4.10. The molecule has 39 heavy (non-hydrogen) atoms. The highest BCUT2D eigenvalue weighted by molar-refractivity contribution is 7.17. The Morgan fingerprint density at radius 3 is 2.54 bits per heavy atom. The summed E-state index contributed by atoms with van der Waals surface area (Å²) in [5.41, 5.74) is 8.20. The van der Waals surface area contributed by atoms with Crippen LogP contribution in [0.4, 0.5) is 0 Å². The molecule has 0 saturated heterocycles. The number of ether oxygens (including phenoxy) is 3. The maximum Gasteiger partial charge on any atom is 0.213 e. The van der Waals surface area contributed by atoms with E-state index in [0.29, 0.717) is 38.0 Å². The molecule has 2 heterocycles. The molecule has 0 spiro atoms. The monoisotopic (exact) mass is 545 g/mol. The molecule has 0 atom stereocenters. The average molecular weight is 546 g/mol. The molecular formula is C30H35N5O3S. The van der Waals surface area contributed by atoms with E-state index < -0.39 is 0 Å². The molecule has 0 radical (unpaired) electrons. The Morgan fingerprint density at radius 1 is 1.08 bits per heavy atom. The summed E-state index contributed by atoms with van der Waals surface area (Å²) in [7, 11) is 1.67. The van der Waals surface area contributed by atoms with E-state index in [9.17, 15) is 0 Å². The largest absolute Gasteiger partial charge is 0.491 e. The number of fused-ring (bicyclic) bond motifs is 1. The van der Waals surface area contributed by atoms with Crippen molar-refractivity contribution in [2.75, 3.05) is 20.3 Å². The van der Waals surface area contributed by atoms with E-state index in [1.165, 1.54) is 26.8 Å². The highest BCUT2D eigenvalue weighted by Crippen LogP contribution is 2.37. The van der Waals surface area contributed by atoms with Crippen LogP contribution in [0.5, 0.6) is 11.6 Å². The number of terminal acetylenes is 1. The number of nitrogens with two attached hydrogens (primary N) is 2. The van der Waals surface area contributed by atoms with E-state index in [0.717, 1.165) is 23.3 Å². The lowest BCUT2D eigenvalue weighted by Crippen LogP contribution is -2.31. The van der Waals surface area contributed by atoms with Gasteiger partial charge in [-0.2, -0.15) is 5.10 Å². The van der Waals surface area contributed by atoms with E-state index in [1.54, 1.807) is 31.6 Å². The van der Waals surface area contributed by atoms with Crippen LogP contribution in [-0.4, -0.2) is 31.1 Å². The first kappa shape index (κ1) is 29.5. The molecule has 0 aliphatic heterocycles. The highest BCUT2D eigenvalue weighted by Gasteiger charge is 2.11. The fourth-order valence-electron chi connectivity index (χ4n) is 3.88. The lowest BCUT2D eigenvalue weighted by Gasteiger charge is -2.11. The van der Waals surface area contributed by atoms with Gasteiger partial charge in [0.15, 0.2) is 0 Å².